The Labute approximate surface area is 109 Å². The Hall–Kier alpha value is -0.930. The van der Waals surface area contributed by atoms with Gasteiger partial charge in [-0.1, -0.05) is 12.1 Å². The maximum atomic E-state index is 12.7. The third-order valence-corrected chi connectivity index (χ3v) is 3.62. The monoisotopic (exact) mass is 250 g/mol. The topological polar surface area (TPSA) is 24.1 Å². The highest BCUT2D eigenvalue weighted by Crippen LogP contribution is 2.10. The van der Waals surface area contributed by atoms with Gasteiger partial charge in [0.2, 0.25) is 0 Å². The van der Waals surface area contributed by atoms with Crippen molar-refractivity contribution in [2.45, 2.75) is 44.7 Å². The molecule has 0 aliphatic carbocycles. The van der Waals surface area contributed by atoms with Crippen molar-refractivity contribution in [3.8, 4) is 0 Å². The molecule has 1 heterocycles. The molecular weight excluding hydrogens is 227 g/mol. The number of rotatable bonds is 6. The summed E-state index contributed by atoms with van der Waals surface area (Å²) in [6.07, 6.45) is 4.78. The molecule has 1 fully saturated rings. The molecule has 0 amide bonds. The first-order chi connectivity index (χ1) is 8.74. The fourth-order valence-corrected chi connectivity index (χ4v) is 2.58. The molecule has 0 radical (unpaired) electrons. The van der Waals surface area contributed by atoms with Crippen LogP contribution in [0.2, 0.25) is 0 Å². The van der Waals surface area contributed by atoms with E-state index in [0.29, 0.717) is 12.1 Å². The third-order valence-electron chi connectivity index (χ3n) is 3.62. The molecule has 2 rings (SSSR count). The van der Waals surface area contributed by atoms with E-state index in [1.807, 2.05) is 12.1 Å². The van der Waals surface area contributed by atoms with Gasteiger partial charge in [0.05, 0.1) is 0 Å². The Morgan fingerprint density at radius 3 is 2.83 bits per heavy atom. The molecule has 2 atom stereocenters. The second-order valence-corrected chi connectivity index (χ2v) is 5.26. The van der Waals surface area contributed by atoms with E-state index < -0.39 is 0 Å². The van der Waals surface area contributed by atoms with Gasteiger partial charge in [-0.2, -0.15) is 0 Å². The zero-order valence-electron chi connectivity index (χ0n) is 11.1. The molecule has 0 bridgehead atoms. The molecular formula is C15H23FN2. The van der Waals surface area contributed by atoms with Gasteiger partial charge in [-0.25, -0.2) is 4.39 Å². The SMILES string of the molecule is CC(CC1CCCN1)NCCc1ccc(F)cc1. The lowest BCUT2D eigenvalue weighted by atomic mass is 10.1. The lowest BCUT2D eigenvalue weighted by Gasteiger charge is -2.18. The molecule has 1 aromatic carbocycles. The van der Waals surface area contributed by atoms with Crippen LogP contribution in [0.15, 0.2) is 24.3 Å². The molecule has 2 unspecified atom stereocenters. The summed E-state index contributed by atoms with van der Waals surface area (Å²) in [5, 5.41) is 7.06. The highest BCUT2D eigenvalue weighted by atomic mass is 19.1. The van der Waals surface area contributed by atoms with Crippen molar-refractivity contribution < 1.29 is 4.39 Å². The second-order valence-electron chi connectivity index (χ2n) is 5.26. The van der Waals surface area contributed by atoms with Crippen LogP contribution in [0.3, 0.4) is 0 Å². The minimum Gasteiger partial charge on any atom is -0.314 e. The van der Waals surface area contributed by atoms with Gasteiger partial charge in [-0.15, -0.1) is 0 Å². The van der Waals surface area contributed by atoms with E-state index in [2.05, 4.69) is 17.6 Å². The Balaban J connectivity index is 1.63. The first-order valence-corrected chi connectivity index (χ1v) is 6.95. The van der Waals surface area contributed by atoms with Gasteiger partial charge in [-0.05, 0) is 63.4 Å². The van der Waals surface area contributed by atoms with Crippen molar-refractivity contribution in [3.05, 3.63) is 35.6 Å². The van der Waals surface area contributed by atoms with Crippen molar-refractivity contribution in [1.29, 1.82) is 0 Å². The van der Waals surface area contributed by atoms with Crippen LogP contribution in [0.1, 0.15) is 31.7 Å². The Morgan fingerprint density at radius 1 is 1.39 bits per heavy atom. The van der Waals surface area contributed by atoms with Crippen LogP contribution in [0.25, 0.3) is 0 Å². The quantitative estimate of drug-likeness (QED) is 0.810. The highest BCUT2D eigenvalue weighted by Gasteiger charge is 2.16. The molecule has 100 valence electrons. The van der Waals surface area contributed by atoms with Gasteiger partial charge >= 0.3 is 0 Å². The Morgan fingerprint density at radius 2 is 2.17 bits per heavy atom. The molecule has 2 N–H and O–H groups in total. The largest absolute Gasteiger partial charge is 0.314 e. The summed E-state index contributed by atoms with van der Waals surface area (Å²) in [7, 11) is 0. The predicted octanol–water partition coefficient (Wildman–Crippen LogP) is 2.49. The standard InChI is InChI=1S/C15H23FN2/c1-12(11-15-3-2-9-18-15)17-10-8-13-4-6-14(16)7-5-13/h4-7,12,15,17-18H,2-3,8-11H2,1H3. The number of hydrogen-bond donors (Lipinski definition) is 2. The molecule has 1 aromatic rings. The van der Waals surface area contributed by atoms with Gasteiger partial charge in [0.25, 0.3) is 0 Å². The van der Waals surface area contributed by atoms with Gasteiger partial charge in [-0.3, -0.25) is 0 Å². The van der Waals surface area contributed by atoms with E-state index in [0.717, 1.165) is 13.0 Å². The van der Waals surface area contributed by atoms with E-state index >= 15 is 0 Å². The van der Waals surface area contributed by atoms with E-state index in [9.17, 15) is 4.39 Å². The highest BCUT2D eigenvalue weighted by molar-refractivity contribution is 5.16. The normalized spacial score (nSPS) is 21.1. The van der Waals surface area contributed by atoms with E-state index in [1.54, 1.807) is 0 Å². The molecule has 2 nitrogen and oxygen atoms in total. The van der Waals surface area contributed by atoms with Crippen LogP contribution in [0, 0.1) is 5.82 Å². The summed E-state index contributed by atoms with van der Waals surface area (Å²) in [6.45, 7) is 4.37. The summed E-state index contributed by atoms with van der Waals surface area (Å²) in [5.74, 6) is -0.160. The molecule has 1 saturated heterocycles. The van der Waals surface area contributed by atoms with E-state index in [4.69, 9.17) is 0 Å². The number of hydrogen-bond acceptors (Lipinski definition) is 2. The smallest absolute Gasteiger partial charge is 0.123 e. The zero-order chi connectivity index (χ0) is 12.8. The third kappa shape index (κ3) is 4.39. The maximum Gasteiger partial charge on any atom is 0.123 e. The molecule has 0 aromatic heterocycles. The van der Waals surface area contributed by atoms with E-state index in [-0.39, 0.29) is 5.82 Å². The summed E-state index contributed by atoms with van der Waals surface area (Å²) in [4.78, 5) is 0. The van der Waals surface area contributed by atoms with Crippen LogP contribution in [0.5, 0.6) is 0 Å². The van der Waals surface area contributed by atoms with Gasteiger partial charge in [0.1, 0.15) is 5.82 Å². The molecule has 0 saturated carbocycles. The van der Waals surface area contributed by atoms with Crippen molar-refractivity contribution in [2.75, 3.05) is 13.1 Å². The van der Waals surface area contributed by atoms with Crippen molar-refractivity contribution in [2.24, 2.45) is 0 Å². The predicted molar refractivity (Wildman–Crippen MR) is 73.2 cm³/mol. The summed E-state index contributed by atoms with van der Waals surface area (Å²) < 4.78 is 12.7. The summed E-state index contributed by atoms with van der Waals surface area (Å²) >= 11 is 0. The van der Waals surface area contributed by atoms with Crippen LogP contribution >= 0.6 is 0 Å². The molecule has 18 heavy (non-hydrogen) atoms. The molecule has 3 heteroatoms. The van der Waals surface area contributed by atoms with Gasteiger partial charge in [0, 0.05) is 12.1 Å². The Kier molecular flexibility index (Phi) is 5.14. The van der Waals surface area contributed by atoms with Crippen molar-refractivity contribution in [1.82, 2.24) is 10.6 Å². The molecule has 1 aliphatic heterocycles. The Bertz CT molecular complexity index is 344. The van der Waals surface area contributed by atoms with Gasteiger partial charge < -0.3 is 10.6 Å². The zero-order valence-corrected chi connectivity index (χ0v) is 11.1. The second kappa shape index (κ2) is 6.86. The minimum atomic E-state index is -0.160. The maximum absolute atomic E-state index is 12.7. The van der Waals surface area contributed by atoms with Crippen LogP contribution in [-0.2, 0) is 6.42 Å². The first-order valence-electron chi connectivity index (χ1n) is 6.95. The van der Waals surface area contributed by atoms with Crippen molar-refractivity contribution >= 4 is 0 Å². The fraction of sp³-hybridized carbons (Fsp3) is 0.600. The van der Waals surface area contributed by atoms with E-state index in [1.165, 1.54) is 43.5 Å². The summed E-state index contributed by atoms with van der Waals surface area (Å²) in [6, 6.07) is 8.02. The number of benzene rings is 1. The lowest BCUT2D eigenvalue weighted by molar-refractivity contribution is 0.443. The van der Waals surface area contributed by atoms with Crippen LogP contribution in [0.4, 0.5) is 4.39 Å². The minimum absolute atomic E-state index is 0.160. The molecule has 1 aliphatic rings. The number of nitrogens with one attached hydrogen (secondary N) is 2. The average molecular weight is 250 g/mol. The fourth-order valence-electron chi connectivity index (χ4n) is 2.58. The van der Waals surface area contributed by atoms with Crippen LogP contribution < -0.4 is 10.6 Å². The summed E-state index contributed by atoms with van der Waals surface area (Å²) in [5.41, 5.74) is 1.19. The number of halogens is 1. The van der Waals surface area contributed by atoms with Crippen molar-refractivity contribution in [3.63, 3.8) is 0 Å². The molecule has 0 spiro atoms. The van der Waals surface area contributed by atoms with Crippen LogP contribution in [-0.4, -0.2) is 25.2 Å². The first kappa shape index (κ1) is 13.5. The lowest BCUT2D eigenvalue weighted by Crippen LogP contribution is -2.34. The average Bonchev–Trinajstić information content (AvgIpc) is 2.84. The van der Waals surface area contributed by atoms with Gasteiger partial charge in [0.15, 0.2) is 0 Å².